The van der Waals surface area contributed by atoms with Crippen molar-refractivity contribution in [3.8, 4) is 0 Å². The fraction of sp³-hybridized carbons (Fsp3) is 0.467. The van der Waals surface area contributed by atoms with Gasteiger partial charge >= 0.3 is 0 Å². The molecular formula is C15H20FN. The Hall–Kier alpha value is -1.15. The molecule has 0 aromatic heterocycles. The minimum absolute atomic E-state index is 0.156. The van der Waals surface area contributed by atoms with Crippen LogP contribution in [0.5, 0.6) is 0 Å². The molecule has 0 radical (unpaired) electrons. The molecule has 1 nitrogen and oxygen atoms in total. The molecule has 2 heteroatoms. The SMILES string of the molecule is C[C@H](NCC1CC=CCC1)c1cccc(F)c1. The van der Waals surface area contributed by atoms with E-state index in [0.29, 0.717) is 0 Å². The second kappa shape index (κ2) is 5.97. The second-order valence-electron chi connectivity index (χ2n) is 4.84. The van der Waals surface area contributed by atoms with E-state index in [1.807, 2.05) is 6.07 Å². The molecule has 0 spiro atoms. The molecule has 1 aromatic carbocycles. The van der Waals surface area contributed by atoms with E-state index in [1.165, 1.54) is 25.3 Å². The zero-order chi connectivity index (χ0) is 12.1. The van der Waals surface area contributed by atoms with E-state index in [0.717, 1.165) is 18.0 Å². The van der Waals surface area contributed by atoms with Crippen molar-refractivity contribution in [1.29, 1.82) is 0 Å². The summed E-state index contributed by atoms with van der Waals surface area (Å²) in [5.74, 6) is 0.577. The molecule has 2 rings (SSSR count). The van der Waals surface area contributed by atoms with E-state index in [2.05, 4.69) is 24.4 Å². The highest BCUT2D eigenvalue weighted by Crippen LogP contribution is 2.19. The van der Waals surface area contributed by atoms with Gasteiger partial charge in [0.2, 0.25) is 0 Å². The summed E-state index contributed by atoms with van der Waals surface area (Å²) in [5, 5.41) is 3.50. The van der Waals surface area contributed by atoms with E-state index in [-0.39, 0.29) is 11.9 Å². The van der Waals surface area contributed by atoms with Crippen LogP contribution in [0.2, 0.25) is 0 Å². The average Bonchev–Trinajstić information content (AvgIpc) is 2.37. The molecule has 0 saturated heterocycles. The third kappa shape index (κ3) is 3.67. The van der Waals surface area contributed by atoms with Crippen LogP contribution >= 0.6 is 0 Å². The van der Waals surface area contributed by atoms with E-state index < -0.39 is 0 Å². The zero-order valence-corrected chi connectivity index (χ0v) is 10.3. The van der Waals surface area contributed by atoms with Gasteiger partial charge in [-0.05, 0) is 56.3 Å². The van der Waals surface area contributed by atoms with Crippen molar-refractivity contribution < 1.29 is 4.39 Å². The molecule has 0 aliphatic heterocycles. The lowest BCUT2D eigenvalue weighted by Gasteiger charge is -2.21. The van der Waals surface area contributed by atoms with Gasteiger partial charge in [-0.3, -0.25) is 0 Å². The number of hydrogen-bond donors (Lipinski definition) is 1. The molecular weight excluding hydrogens is 213 g/mol. The molecule has 0 saturated carbocycles. The largest absolute Gasteiger partial charge is 0.310 e. The van der Waals surface area contributed by atoms with Crippen LogP contribution < -0.4 is 5.32 Å². The van der Waals surface area contributed by atoms with Crippen LogP contribution in [0.3, 0.4) is 0 Å². The average molecular weight is 233 g/mol. The lowest BCUT2D eigenvalue weighted by Crippen LogP contribution is -2.26. The lowest BCUT2D eigenvalue weighted by atomic mass is 9.94. The zero-order valence-electron chi connectivity index (χ0n) is 10.3. The highest BCUT2D eigenvalue weighted by atomic mass is 19.1. The van der Waals surface area contributed by atoms with Crippen molar-refractivity contribution >= 4 is 0 Å². The summed E-state index contributed by atoms with van der Waals surface area (Å²) in [5.41, 5.74) is 1.02. The summed E-state index contributed by atoms with van der Waals surface area (Å²) in [6.07, 6.45) is 8.15. The molecule has 2 atom stereocenters. The first kappa shape index (κ1) is 12.3. The maximum absolute atomic E-state index is 13.1. The van der Waals surface area contributed by atoms with Gasteiger partial charge in [0, 0.05) is 6.04 Å². The van der Waals surface area contributed by atoms with Gasteiger partial charge in [-0.15, -0.1) is 0 Å². The van der Waals surface area contributed by atoms with Crippen molar-refractivity contribution in [3.63, 3.8) is 0 Å². The summed E-state index contributed by atoms with van der Waals surface area (Å²) in [7, 11) is 0. The van der Waals surface area contributed by atoms with Gasteiger partial charge in [0.25, 0.3) is 0 Å². The van der Waals surface area contributed by atoms with Gasteiger partial charge in [0.05, 0.1) is 0 Å². The van der Waals surface area contributed by atoms with Crippen LogP contribution in [-0.2, 0) is 0 Å². The van der Waals surface area contributed by atoms with Crippen LogP contribution in [0.4, 0.5) is 4.39 Å². The molecule has 1 aromatic rings. The van der Waals surface area contributed by atoms with Crippen molar-refractivity contribution in [2.75, 3.05) is 6.54 Å². The van der Waals surface area contributed by atoms with Crippen molar-refractivity contribution in [2.24, 2.45) is 5.92 Å². The smallest absolute Gasteiger partial charge is 0.123 e. The molecule has 0 bridgehead atoms. The highest BCUT2D eigenvalue weighted by Gasteiger charge is 2.12. The Morgan fingerprint density at radius 1 is 1.41 bits per heavy atom. The van der Waals surface area contributed by atoms with Crippen molar-refractivity contribution in [1.82, 2.24) is 5.32 Å². The van der Waals surface area contributed by atoms with E-state index in [9.17, 15) is 4.39 Å². The summed E-state index contributed by atoms with van der Waals surface area (Å²) >= 11 is 0. The van der Waals surface area contributed by atoms with Gasteiger partial charge < -0.3 is 5.32 Å². The Bertz CT molecular complexity index is 386. The predicted molar refractivity (Wildman–Crippen MR) is 69.3 cm³/mol. The normalized spacial score (nSPS) is 21.4. The number of nitrogens with one attached hydrogen (secondary N) is 1. The van der Waals surface area contributed by atoms with Gasteiger partial charge in [-0.2, -0.15) is 0 Å². The quantitative estimate of drug-likeness (QED) is 0.779. The fourth-order valence-corrected chi connectivity index (χ4v) is 2.28. The Balaban J connectivity index is 1.84. The first-order chi connectivity index (χ1) is 8.25. The number of rotatable bonds is 4. The third-order valence-corrected chi connectivity index (χ3v) is 3.44. The van der Waals surface area contributed by atoms with Gasteiger partial charge in [0.15, 0.2) is 0 Å². The van der Waals surface area contributed by atoms with Gasteiger partial charge in [0.1, 0.15) is 5.82 Å². The van der Waals surface area contributed by atoms with E-state index in [1.54, 1.807) is 12.1 Å². The van der Waals surface area contributed by atoms with E-state index in [4.69, 9.17) is 0 Å². The Kier molecular flexibility index (Phi) is 4.32. The van der Waals surface area contributed by atoms with Crippen LogP contribution in [0.25, 0.3) is 0 Å². The van der Waals surface area contributed by atoms with Crippen LogP contribution in [-0.4, -0.2) is 6.54 Å². The number of benzene rings is 1. The first-order valence-corrected chi connectivity index (χ1v) is 6.39. The minimum atomic E-state index is -0.156. The molecule has 0 heterocycles. The molecule has 1 aliphatic rings. The predicted octanol–water partition coefficient (Wildman–Crippen LogP) is 3.83. The minimum Gasteiger partial charge on any atom is -0.310 e. The summed E-state index contributed by atoms with van der Waals surface area (Å²) in [6, 6.07) is 7.06. The lowest BCUT2D eigenvalue weighted by molar-refractivity contribution is 0.415. The number of hydrogen-bond acceptors (Lipinski definition) is 1. The molecule has 0 fully saturated rings. The molecule has 17 heavy (non-hydrogen) atoms. The van der Waals surface area contributed by atoms with Crippen LogP contribution in [0.1, 0.15) is 37.8 Å². The van der Waals surface area contributed by atoms with Gasteiger partial charge in [-0.1, -0.05) is 24.3 Å². The summed E-state index contributed by atoms with van der Waals surface area (Å²) < 4.78 is 13.1. The molecule has 1 aliphatic carbocycles. The fourth-order valence-electron chi connectivity index (χ4n) is 2.28. The third-order valence-electron chi connectivity index (χ3n) is 3.44. The Labute approximate surface area is 103 Å². The van der Waals surface area contributed by atoms with Crippen LogP contribution in [0.15, 0.2) is 36.4 Å². The van der Waals surface area contributed by atoms with E-state index >= 15 is 0 Å². The second-order valence-corrected chi connectivity index (χ2v) is 4.84. The van der Waals surface area contributed by atoms with Gasteiger partial charge in [-0.25, -0.2) is 4.39 Å². The molecule has 92 valence electrons. The van der Waals surface area contributed by atoms with Crippen LogP contribution in [0, 0.1) is 11.7 Å². The standard InChI is InChI=1S/C15H20FN/c1-12(14-8-5-9-15(16)10-14)17-11-13-6-3-2-4-7-13/h2-3,5,8-10,12-13,17H,4,6-7,11H2,1H3/t12-,13?/m0/s1. The topological polar surface area (TPSA) is 12.0 Å². The Morgan fingerprint density at radius 2 is 2.29 bits per heavy atom. The molecule has 0 amide bonds. The maximum atomic E-state index is 13.1. The summed E-state index contributed by atoms with van der Waals surface area (Å²) in [4.78, 5) is 0. The first-order valence-electron chi connectivity index (χ1n) is 6.39. The number of allylic oxidation sites excluding steroid dienone is 2. The Morgan fingerprint density at radius 3 is 3.00 bits per heavy atom. The highest BCUT2D eigenvalue weighted by molar-refractivity contribution is 5.19. The maximum Gasteiger partial charge on any atom is 0.123 e. The van der Waals surface area contributed by atoms with Crippen molar-refractivity contribution in [2.45, 2.75) is 32.2 Å². The summed E-state index contributed by atoms with van der Waals surface area (Å²) in [6.45, 7) is 3.11. The van der Waals surface area contributed by atoms with Crippen molar-refractivity contribution in [3.05, 3.63) is 47.8 Å². The molecule has 1 unspecified atom stereocenters. The number of halogens is 1. The molecule has 1 N–H and O–H groups in total. The monoisotopic (exact) mass is 233 g/mol.